The number of rotatable bonds is 1. The number of nitrogen functional groups attached to an aromatic ring is 2. The fourth-order valence-corrected chi connectivity index (χ4v) is 4.89. The lowest BCUT2D eigenvalue weighted by Gasteiger charge is -2.38. The summed E-state index contributed by atoms with van der Waals surface area (Å²) in [7, 11) is 0. The van der Waals surface area contributed by atoms with Gasteiger partial charge in [-0.25, -0.2) is 0 Å². The van der Waals surface area contributed by atoms with Gasteiger partial charge in [0.15, 0.2) is 0 Å². The van der Waals surface area contributed by atoms with Crippen molar-refractivity contribution in [1.82, 2.24) is 0 Å². The average Bonchev–Trinajstić information content (AvgIpc) is 2.78. The Morgan fingerprint density at radius 2 is 1.10 bits per heavy atom. The minimum atomic E-state index is -0.387. The van der Waals surface area contributed by atoms with Crippen LogP contribution in [0.5, 0.6) is 11.5 Å². The molecule has 0 fully saturated rings. The summed E-state index contributed by atoms with van der Waals surface area (Å²) in [5.74, 6) is 1.76. The summed E-state index contributed by atoms with van der Waals surface area (Å²) in [6.45, 7) is 2.28. The monoisotopic (exact) mass is 402 g/mol. The first-order chi connectivity index (χ1) is 15.0. The highest BCUT2D eigenvalue weighted by molar-refractivity contribution is 5.92. The molecule has 150 valence electrons. The predicted molar refractivity (Wildman–Crippen MR) is 129 cm³/mol. The van der Waals surface area contributed by atoms with Crippen molar-refractivity contribution in [2.75, 3.05) is 11.5 Å². The van der Waals surface area contributed by atoms with E-state index in [1.807, 2.05) is 36.4 Å². The maximum absolute atomic E-state index is 6.51. The van der Waals surface area contributed by atoms with Gasteiger partial charge in [-0.15, -0.1) is 0 Å². The van der Waals surface area contributed by atoms with E-state index in [1.54, 1.807) is 0 Å². The van der Waals surface area contributed by atoms with Gasteiger partial charge in [-0.2, -0.15) is 0 Å². The van der Waals surface area contributed by atoms with Crippen molar-refractivity contribution in [3.63, 3.8) is 0 Å². The van der Waals surface area contributed by atoms with E-state index in [9.17, 15) is 0 Å². The molecular formula is C28H22N2O. The first kappa shape index (κ1) is 17.8. The molecule has 31 heavy (non-hydrogen) atoms. The van der Waals surface area contributed by atoms with Crippen molar-refractivity contribution in [2.45, 2.75) is 12.3 Å². The Balaban J connectivity index is 1.71. The smallest absolute Gasteiger partial charge is 0.132 e. The molecule has 3 nitrogen and oxygen atoms in total. The van der Waals surface area contributed by atoms with Crippen LogP contribution in [0.4, 0.5) is 11.4 Å². The Labute approximate surface area is 180 Å². The fraction of sp³-hybridized carbons (Fsp3) is 0.0714. The number of fused-ring (bicyclic) bond motifs is 4. The maximum atomic E-state index is 6.51. The predicted octanol–water partition coefficient (Wildman–Crippen LogP) is 6.62. The van der Waals surface area contributed by atoms with E-state index in [2.05, 4.69) is 61.5 Å². The summed E-state index contributed by atoms with van der Waals surface area (Å²) < 4.78 is 6.51. The van der Waals surface area contributed by atoms with Crippen molar-refractivity contribution >= 4 is 32.9 Å². The lowest BCUT2D eigenvalue weighted by molar-refractivity contribution is 0.429. The number of nitrogens with two attached hydrogens (primary N) is 2. The molecule has 0 spiro atoms. The van der Waals surface area contributed by atoms with Crippen molar-refractivity contribution < 1.29 is 4.74 Å². The first-order valence-corrected chi connectivity index (χ1v) is 10.4. The standard InChI is InChI=1S/C28H22N2O/c1-28(21-5-3-2-4-6-21)24-13-19-11-22(29)9-7-17(19)15-26(24)31-27-16-18-8-10-23(30)12-20(18)14-25(27)28/h2-16H,29-30H2,1H3. The molecule has 6 rings (SSSR count). The van der Waals surface area contributed by atoms with Gasteiger partial charge in [-0.3, -0.25) is 0 Å². The molecule has 1 heterocycles. The Morgan fingerprint density at radius 3 is 1.61 bits per heavy atom. The van der Waals surface area contributed by atoms with E-state index < -0.39 is 0 Å². The normalized spacial score (nSPS) is 14.1. The van der Waals surface area contributed by atoms with Crippen molar-refractivity contribution in [2.24, 2.45) is 0 Å². The zero-order chi connectivity index (χ0) is 21.2. The first-order valence-electron chi connectivity index (χ1n) is 10.4. The summed E-state index contributed by atoms with van der Waals surface area (Å²) in [6.07, 6.45) is 0. The molecule has 1 aliphatic rings. The van der Waals surface area contributed by atoms with Crippen molar-refractivity contribution in [1.29, 1.82) is 0 Å². The second-order valence-electron chi connectivity index (χ2n) is 8.50. The number of hydrogen-bond donors (Lipinski definition) is 2. The SMILES string of the molecule is CC1(c2ccccc2)c2cc3cc(N)ccc3cc2Oc2cc3ccc(N)cc3cc21. The number of anilines is 2. The zero-order valence-corrected chi connectivity index (χ0v) is 17.2. The summed E-state index contributed by atoms with van der Waals surface area (Å²) in [6, 6.07) is 31.3. The Bertz CT molecular complexity index is 1400. The van der Waals surface area contributed by atoms with Gasteiger partial charge < -0.3 is 16.2 Å². The number of benzene rings is 5. The summed E-state index contributed by atoms with van der Waals surface area (Å²) in [4.78, 5) is 0. The largest absolute Gasteiger partial charge is 0.457 e. The van der Waals surface area contributed by atoms with E-state index in [-0.39, 0.29) is 5.41 Å². The van der Waals surface area contributed by atoms with E-state index in [0.29, 0.717) is 0 Å². The van der Waals surface area contributed by atoms with Crippen molar-refractivity contribution in [3.8, 4) is 11.5 Å². The van der Waals surface area contributed by atoms with Gasteiger partial charge in [0.2, 0.25) is 0 Å². The van der Waals surface area contributed by atoms with E-state index in [0.717, 1.165) is 55.5 Å². The minimum Gasteiger partial charge on any atom is -0.457 e. The lowest BCUT2D eigenvalue weighted by Crippen LogP contribution is -2.29. The van der Waals surface area contributed by atoms with Crippen LogP contribution in [0.1, 0.15) is 23.6 Å². The van der Waals surface area contributed by atoms with Gasteiger partial charge in [-0.05, 0) is 82.6 Å². The van der Waals surface area contributed by atoms with Crippen LogP contribution in [0.25, 0.3) is 21.5 Å². The van der Waals surface area contributed by atoms with Gasteiger partial charge >= 0.3 is 0 Å². The van der Waals surface area contributed by atoms with Gasteiger partial charge in [0, 0.05) is 27.9 Å². The van der Waals surface area contributed by atoms with Crippen LogP contribution in [0, 0.1) is 0 Å². The zero-order valence-electron chi connectivity index (χ0n) is 17.2. The van der Waals surface area contributed by atoms with Crippen LogP contribution in [0.15, 0.2) is 91.0 Å². The van der Waals surface area contributed by atoms with Gasteiger partial charge in [0.1, 0.15) is 11.5 Å². The maximum Gasteiger partial charge on any atom is 0.132 e. The second kappa shape index (κ2) is 6.26. The summed E-state index contributed by atoms with van der Waals surface area (Å²) in [5.41, 5.74) is 16.8. The highest BCUT2D eigenvalue weighted by Gasteiger charge is 2.40. The minimum absolute atomic E-state index is 0.387. The van der Waals surface area contributed by atoms with E-state index in [4.69, 9.17) is 16.2 Å². The van der Waals surface area contributed by atoms with Crippen LogP contribution in [-0.2, 0) is 5.41 Å². The van der Waals surface area contributed by atoms with Crippen LogP contribution in [-0.4, -0.2) is 0 Å². The molecule has 0 aliphatic carbocycles. The molecular weight excluding hydrogens is 380 g/mol. The lowest BCUT2D eigenvalue weighted by atomic mass is 9.68. The van der Waals surface area contributed by atoms with E-state index in [1.165, 1.54) is 5.56 Å². The summed E-state index contributed by atoms with van der Waals surface area (Å²) >= 11 is 0. The van der Waals surface area contributed by atoms with E-state index >= 15 is 0 Å². The quantitative estimate of drug-likeness (QED) is 0.310. The Kier molecular flexibility index (Phi) is 3.60. The van der Waals surface area contributed by atoms with Crippen LogP contribution in [0.3, 0.4) is 0 Å². The third kappa shape index (κ3) is 2.60. The molecule has 0 saturated carbocycles. The molecule has 5 aromatic rings. The highest BCUT2D eigenvalue weighted by atomic mass is 16.5. The third-order valence-corrected chi connectivity index (χ3v) is 6.57. The van der Waals surface area contributed by atoms with Crippen LogP contribution in [0.2, 0.25) is 0 Å². The molecule has 5 aromatic carbocycles. The van der Waals surface area contributed by atoms with Gasteiger partial charge in [0.05, 0.1) is 0 Å². The Hall–Kier alpha value is -3.98. The molecule has 0 bridgehead atoms. The van der Waals surface area contributed by atoms with Crippen LogP contribution >= 0.6 is 0 Å². The molecule has 3 heteroatoms. The summed E-state index contributed by atoms with van der Waals surface area (Å²) in [5, 5.41) is 4.44. The number of hydrogen-bond acceptors (Lipinski definition) is 3. The van der Waals surface area contributed by atoms with Crippen molar-refractivity contribution in [3.05, 3.63) is 108 Å². The topological polar surface area (TPSA) is 61.3 Å². The molecule has 0 unspecified atom stereocenters. The van der Waals surface area contributed by atoms with Crippen LogP contribution < -0.4 is 16.2 Å². The Morgan fingerprint density at radius 1 is 0.581 bits per heavy atom. The molecule has 4 N–H and O–H groups in total. The van der Waals surface area contributed by atoms with Gasteiger partial charge in [0.25, 0.3) is 0 Å². The molecule has 0 amide bonds. The molecule has 0 radical (unpaired) electrons. The number of ether oxygens (including phenoxy) is 1. The van der Waals surface area contributed by atoms with Gasteiger partial charge in [-0.1, -0.05) is 42.5 Å². The molecule has 0 atom stereocenters. The fourth-order valence-electron chi connectivity index (χ4n) is 4.89. The highest BCUT2D eigenvalue weighted by Crippen LogP contribution is 2.53. The molecule has 0 aromatic heterocycles. The molecule has 1 aliphatic heterocycles. The molecule has 0 saturated heterocycles. The third-order valence-electron chi connectivity index (χ3n) is 6.57. The second-order valence-corrected chi connectivity index (χ2v) is 8.50. The average molecular weight is 402 g/mol.